The summed E-state index contributed by atoms with van der Waals surface area (Å²) in [4.78, 5) is 36.7. The number of amides is 1. The molecule has 138 valence electrons. The van der Waals surface area contributed by atoms with Gasteiger partial charge in [0.25, 0.3) is 0 Å². The minimum atomic E-state index is -1.14. The SMILES string of the molecule is Cc1ccccc1NC(=O)Cn1ccn(-c2ccc(F)c(F)c2)c(=O)c1=O. The van der Waals surface area contributed by atoms with Gasteiger partial charge in [-0.15, -0.1) is 0 Å². The summed E-state index contributed by atoms with van der Waals surface area (Å²) < 4.78 is 28.2. The Balaban J connectivity index is 1.86. The van der Waals surface area contributed by atoms with Gasteiger partial charge < -0.3 is 5.32 Å². The van der Waals surface area contributed by atoms with Crippen LogP contribution in [0.2, 0.25) is 0 Å². The molecule has 0 saturated heterocycles. The van der Waals surface area contributed by atoms with Crippen LogP contribution < -0.4 is 16.4 Å². The molecule has 8 heteroatoms. The molecule has 1 amide bonds. The van der Waals surface area contributed by atoms with Crippen LogP contribution in [0, 0.1) is 18.6 Å². The zero-order chi connectivity index (χ0) is 19.6. The number of rotatable bonds is 4. The highest BCUT2D eigenvalue weighted by atomic mass is 19.2. The van der Waals surface area contributed by atoms with Gasteiger partial charge in [-0.25, -0.2) is 8.78 Å². The third-order valence-corrected chi connectivity index (χ3v) is 3.97. The smallest absolute Gasteiger partial charge is 0.320 e. The second-order valence-electron chi connectivity index (χ2n) is 5.87. The van der Waals surface area contributed by atoms with Crippen molar-refractivity contribution in [1.29, 1.82) is 0 Å². The van der Waals surface area contributed by atoms with Crippen molar-refractivity contribution in [2.45, 2.75) is 13.5 Å². The van der Waals surface area contributed by atoms with Crippen LogP contribution in [0.15, 0.2) is 64.4 Å². The van der Waals surface area contributed by atoms with Crippen LogP contribution in [0.3, 0.4) is 0 Å². The number of hydrogen-bond acceptors (Lipinski definition) is 3. The zero-order valence-electron chi connectivity index (χ0n) is 14.3. The van der Waals surface area contributed by atoms with E-state index in [9.17, 15) is 23.2 Å². The van der Waals surface area contributed by atoms with Gasteiger partial charge in [0.15, 0.2) is 11.6 Å². The van der Waals surface area contributed by atoms with Crippen LogP contribution >= 0.6 is 0 Å². The van der Waals surface area contributed by atoms with Crippen molar-refractivity contribution in [2.75, 3.05) is 5.32 Å². The summed E-state index contributed by atoms with van der Waals surface area (Å²) in [6.07, 6.45) is 2.46. The van der Waals surface area contributed by atoms with E-state index in [2.05, 4.69) is 5.32 Å². The Labute approximate surface area is 152 Å². The number of hydrogen-bond donors (Lipinski definition) is 1. The molecule has 0 aliphatic rings. The van der Waals surface area contributed by atoms with Crippen molar-refractivity contribution in [3.05, 3.63) is 92.8 Å². The van der Waals surface area contributed by atoms with Gasteiger partial charge in [-0.1, -0.05) is 18.2 Å². The first-order valence-electron chi connectivity index (χ1n) is 8.00. The van der Waals surface area contributed by atoms with Crippen molar-refractivity contribution in [3.8, 4) is 5.69 Å². The summed E-state index contributed by atoms with van der Waals surface area (Å²) in [5.41, 5.74) is -0.473. The van der Waals surface area contributed by atoms with Gasteiger partial charge in [-0.05, 0) is 30.7 Å². The molecular formula is C19H15F2N3O3. The maximum Gasteiger partial charge on any atom is 0.320 e. The quantitative estimate of drug-likeness (QED) is 0.715. The first-order chi connectivity index (χ1) is 12.9. The van der Waals surface area contributed by atoms with Gasteiger partial charge >= 0.3 is 11.1 Å². The third-order valence-electron chi connectivity index (χ3n) is 3.97. The van der Waals surface area contributed by atoms with Crippen LogP contribution in [0.1, 0.15) is 5.56 Å². The van der Waals surface area contributed by atoms with Crippen molar-refractivity contribution in [3.63, 3.8) is 0 Å². The lowest BCUT2D eigenvalue weighted by Gasteiger charge is -2.11. The average Bonchev–Trinajstić information content (AvgIpc) is 2.64. The first-order valence-corrected chi connectivity index (χ1v) is 8.00. The largest absolute Gasteiger partial charge is 0.324 e. The van der Waals surface area contributed by atoms with Gasteiger partial charge in [0.1, 0.15) is 6.54 Å². The molecule has 6 nitrogen and oxygen atoms in total. The van der Waals surface area contributed by atoms with Crippen molar-refractivity contribution < 1.29 is 13.6 Å². The van der Waals surface area contributed by atoms with Crippen molar-refractivity contribution in [1.82, 2.24) is 9.13 Å². The molecule has 0 fully saturated rings. The van der Waals surface area contributed by atoms with Crippen molar-refractivity contribution in [2.24, 2.45) is 0 Å². The molecule has 0 bridgehead atoms. The monoisotopic (exact) mass is 371 g/mol. The standard InChI is InChI=1S/C19H15F2N3O3/c1-12-4-2-3-5-16(12)22-17(25)11-23-8-9-24(19(27)18(23)26)13-6-7-14(20)15(21)10-13/h2-10H,11H2,1H3,(H,22,25). The van der Waals surface area contributed by atoms with E-state index >= 15 is 0 Å². The molecule has 0 aliphatic heterocycles. The van der Waals surface area contributed by atoms with E-state index in [0.29, 0.717) is 5.69 Å². The second-order valence-corrected chi connectivity index (χ2v) is 5.87. The summed E-state index contributed by atoms with van der Waals surface area (Å²) in [6.45, 7) is 1.46. The second kappa shape index (κ2) is 7.36. The summed E-state index contributed by atoms with van der Waals surface area (Å²) in [5, 5.41) is 2.67. The topological polar surface area (TPSA) is 73.1 Å². The Hall–Kier alpha value is -3.55. The summed E-state index contributed by atoms with van der Waals surface area (Å²) in [7, 11) is 0. The van der Waals surface area contributed by atoms with E-state index in [-0.39, 0.29) is 12.2 Å². The number of aryl methyl sites for hydroxylation is 1. The van der Waals surface area contributed by atoms with E-state index in [1.165, 1.54) is 18.5 Å². The number of carbonyl (C=O) groups excluding carboxylic acids is 1. The fourth-order valence-electron chi connectivity index (χ4n) is 2.53. The van der Waals surface area contributed by atoms with E-state index < -0.39 is 28.7 Å². The average molecular weight is 371 g/mol. The number of carbonyl (C=O) groups is 1. The maximum absolute atomic E-state index is 13.4. The van der Waals surface area contributed by atoms with E-state index in [0.717, 1.165) is 26.8 Å². The predicted octanol–water partition coefficient (Wildman–Crippen LogP) is 2.22. The van der Waals surface area contributed by atoms with Crippen LogP contribution in [0.25, 0.3) is 5.69 Å². The third kappa shape index (κ3) is 3.84. The lowest BCUT2D eigenvalue weighted by molar-refractivity contribution is -0.116. The molecule has 1 aromatic heterocycles. The fraction of sp³-hybridized carbons (Fsp3) is 0.105. The van der Waals surface area contributed by atoms with Crippen LogP contribution in [0.5, 0.6) is 0 Å². The predicted molar refractivity (Wildman–Crippen MR) is 96.0 cm³/mol. The Morgan fingerprint density at radius 1 is 1.00 bits per heavy atom. The van der Waals surface area contributed by atoms with E-state index in [4.69, 9.17) is 0 Å². The van der Waals surface area contributed by atoms with Crippen LogP contribution in [-0.2, 0) is 11.3 Å². The Morgan fingerprint density at radius 3 is 2.44 bits per heavy atom. The minimum Gasteiger partial charge on any atom is -0.324 e. The van der Waals surface area contributed by atoms with E-state index in [1.807, 2.05) is 19.1 Å². The summed E-state index contributed by atoms with van der Waals surface area (Å²) in [6, 6.07) is 9.98. The lowest BCUT2D eigenvalue weighted by Crippen LogP contribution is -2.41. The number of nitrogens with one attached hydrogen (secondary N) is 1. The normalized spacial score (nSPS) is 10.6. The molecule has 3 rings (SSSR count). The molecule has 1 N–H and O–H groups in total. The molecule has 0 radical (unpaired) electrons. The summed E-state index contributed by atoms with van der Waals surface area (Å²) >= 11 is 0. The summed E-state index contributed by atoms with van der Waals surface area (Å²) in [5.74, 6) is -2.68. The maximum atomic E-state index is 13.4. The van der Waals surface area contributed by atoms with Gasteiger partial charge in [0.2, 0.25) is 5.91 Å². The molecule has 0 atom stereocenters. The molecule has 3 aromatic rings. The number of halogens is 2. The molecule has 2 aromatic carbocycles. The van der Waals surface area contributed by atoms with Crippen molar-refractivity contribution >= 4 is 11.6 Å². The molecule has 1 heterocycles. The lowest BCUT2D eigenvalue weighted by atomic mass is 10.2. The number of para-hydroxylation sites is 1. The Morgan fingerprint density at radius 2 is 1.74 bits per heavy atom. The fourth-order valence-corrected chi connectivity index (χ4v) is 2.53. The minimum absolute atomic E-state index is 0.00696. The molecule has 0 spiro atoms. The zero-order valence-corrected chi connectivity index (χ0v) is 14.3. The Bertz CT molecular complexity index is 1140. The highest BCUT2D eigenvalue weighted by molar-refractivity contribution is 5.91. The number of benzene rings is 2. The number of anilines is 1. The molecule has 0 unspecified atom stereocenters. The van der Waals surface area contributed by atoms with Gasteiger partial charge in [-0.3, -0.25) is 23.5 Å². The highest BCUT2D eigenvalue weighted by Gasteiger charge is 2.12. The number of aromatic nitrogens is 2. The highest BCUT2D eigenvalue weighted by Crippen LogP contribution is 2.13. The number of nitrogens with zero attached hydrogens (tertiary/aromatic N) is 2. The molecule has 27 heavy (non-hydrogen) atoms. The van der Waals surface area contributed by atoms with Gasteiger partial charge in [-0.2, -0.15) is 0 Å². The van der Waals surface area contributed by atoms with E-state index in [1.54, 1.807) is 12.1 Å². The molecular weight excluding hydrogens is 356 g/mol. The van der Waals surface area contributed by atoms with Crippen LogP contribution in [-0.4, -0.2) is 15.0 Å². The molecule has 0 saturated carbocycles. The molecule has 0 aliphatic carbocycles. The van der Waals surface area contributed by atoms with Crippen LogP contribution in [0.4, 0.5) is 14.5 Å². The Kier molecular flexibility index (Phi) is 4.98. The van der Waals surface area contributed by atoms with Gasteiger partial charge in [0.05, 0.1) is 5.69 Å². The van der Waals surface area contributed by atoms with Gasteiger partial charge in [0, 0.05) is 24.1 Å². The first kappa shape index (κ1) is 18.2.